The number of piperidine rings is 1. The number of hydrogen-bond acceptors (Lipinski definition) is 4. The molecular weight excluding hydrogens is 252 g/mol. The second-order valence-electron chi connectivity index (χ2n) is 4.65. The van der Waals surface area contributed by atoms with Crippen molar-refractivity contribution in [2.45, 2.75) is 19.3 Å². The minimum atomic E-state index is -0.866. The summed E-state index contributed by atoms with van der Waals surface area (Å²) in [6.45, 7) is 1.06. The lowest BCUT2D eigenvalue weighted by Crippen LogP contribution is -2.48. The number of urea groups is 1. The zero-order chi connectivity index (χ0) is 14.4. The molecule has 7 heteroatoms. The van der Waals surface area contributed by atoms with Gasteiger partial charge in [0, 0.05) is 26.7 Å². The number of nitrogens with zero attached hydrogens (tertiary/aromatic N) is 2. The fraction of sp³-hybridized carbons (Fsp3) is 0.750. The summed E-state index contributed by atoms with van der Waals surface area (Å²) < 4.78 is 4.51. The molecule has 0 aromatic rings. The first-order valence-electron chi connectivity index (χ1n) is 6.25. The molecule has 0 unspecified atom stereocenters. The van der Waals surface area contributed by atoms with E-state index in [0.29, 0.717) is 19.4 Å². The van der Waals surface area contributed by atoms with Gasteiger partial charge in [0.25, 0.3) is 0 Å². The lowest BCUT2D eigenvalue weighted by Gasteiger charge is -2.33. The fourth-order valence-electron chi connectivity index (χ4n) is 2.05. The average molecular weight is 272 g/mol. The van der Waals surface area contributed by atoms with Gasteiger partial charge < -0.3 is 19.6 Å². The number of likely N-dealkylation sites (tertiary alicyclic amines) is 1. The zero-order valence-corrected chi connectivity index (χ0v) is 11.3. The lowest BCUT2D eigenvalue weighted by atomic mass is 9.99. The van der Waals surface area contributed by atoms with E-state index in [1.54, 1.807) is 7.05 Å². The normalized spacial score (nSPS) is 18.8. The third-order valence-electron chi connectivity index (χ3n) is 3.25. The van der Waals surface area contributed by atoms with E-state index < -0.39 is 11.9 Å². The van der Waals surface area contributed by atoms with Crippen molar-refractivity contribution in [1.29, 1.82) is 0 Å². The fourth-order valence-corrected chi connectivity index (χ4v) is 2.05. The molecule has 0 aromatic heterocycles. The van der Waals surface area contributed by atoms with Crippen LogP contribution >= 0.6 is 0 Å². The standard InChI is InChI=1S/C12H20N2O5/c1-13(7-5-10(15)19-2)12(18)14-6-3-4-9(8-14)11(16)17/h9H,3-8H2,1-2H3,(H,16,17)/t9-/m1/s1. The Labute approximate surface area is 112 Å². The van der Waals surface area contributed by atoms with Crippen molar-refractivity contribution in [3.8, 4) is 0 Å². The van der Waals surface area contributed by atoms with Crippen LogP contribution in [-0.2, 0) is 14.3 Å². The molecule has 0 radical (unpaired) electrons. The molecule has 1 rings (SSSR count). The van der Waals surface area contributed by atoms with Crippen LogP contribution in [0.5, 0.6) is 0 Å². The van der Waals surface area contributed by atoms with Crippen LogP contribution in [0.2, 0.25) is 0 Å². The van der Waals surface area contributed by atoms with Crippen LogP contribution < -0.4 is 0 Å². The van der Waals surface area contributed by atoms with Crippen LogP contribution in [-0.4, -0.2) is 66.7 Å². The Kier molecular flexibility index (Phi) is 5.59. The van der Waals surface area contributed by atoms with Gasteiger partial charge in [0.05, 0.1) is 19.4 Å². The summed E-state index contributed by atoms with van der Waals surface area (Å²) in [5, 5.41) is 8.97. The van der Waals surface area contributed by atoms with Crippen LogP contribution in [0, 0.1) is 5.92 Å². The molecule has 7 nitrogen and oxygen atoms in total. The van der Waals surface area contributed by atoms with Crippen LogP contribution in [0.25, 0.3) is 0 Å². The maximum Gasteiger partial charge on any atom is 0.319 e. The smallest absolute Gasteiger partial charge is 0.319 e. The molecule has 1 saturated heterocycles. The van der Waals surface area contributed by atoms with Gasteiger partial charge in [-0.15, -0.1) is 0 Å². The lowest BCUT2D eigenvalue weighted by molar-refractivity contribution is -0.143. The summed E-state index contributed by atoms with van der Waals surface area (Å²) in [5.74, 6) is -1.73. The minimum Gasteiger partial charge on any atom is -0.481 e. The third-order valence-corrected chi connectivity index (χ3v) is 3.25. The molecule has 19 heavy (non-hydrogen) atoms. The summed E-state index contributed by atoms with van der Waals surface area (Å²) in [7, 11) is 2.89. The summed E-state index contributed by atoms with van der Waals surface area (Å²) in [6.07, 6.45) is 1.42. The van der Waals surface area contributed by atoms with E-state index in [1.807, 2.05) is 0 Å². The van der Waals surface area contributed by atoms with Gasteiger partial charge >= 0.3 is 18.0 Å². The Hall–Kier alpha value is -1.79. The number of carbonyl (C=O) groups excluding carboxylic acids is 2. The molecule has 0 bridgehead atoms. The predicted molar refractivity (Wildman–Crippen MR) is 66.6 cm³/mol. The van der Waals surface area contributed by atoms with E-state index in [0.717, 1.165) is 0 Å². The molecule has 1 fully saturated rings. The zero-order valence-electron chi connectivity index (χ0n) is 11.3. The first kappa shape index (κ1) is 15.3. The minimum absolute atomic E-state index is 0.134. The Balaban J connectivity index is 2.47. The molecule has 0 saturated carbocycles. The Morgan fingerprint density at radius 2 is 2.11 bits per heavy atom. The number of aliphatic carboxylic acids is 1. The van der Waals surface area contributed by atoms with Crippen molar-refractivity contribution in [2.75, 3.05) is 33.8 Å². The first-order chi connectivity index (χ1) is 8.95. The highest BCUT2D eigenvalue weighted by Gasteiger charge is 2.29. The van der Waals surface area contributed by atoms with Crippen LogP contribution in [0.1, 0.15) is 19.3 Å². The molecule has 1 aliphatic heterocycles. The third kappa shape index (κ3) is 4.42. The maximum atomic E-state index is 12.1. The first-order valence-corrected chi connectivity index (χ1v) is 6.25. The summed E-state index contributed by atoms with van der Waals surface area (Å²) >= 11 is 0. The molecule has 0 aliphatic carbocycles. The van der Waals surface area contributed by atoms with E-state index >= 15 is 0 Å². The van der Waals surface area contributed by atoms with E-state index in [4.69, 9.17) is 5.11 Å². The Morgan fingerprint density at radius 1 is 1.42 bits per heavy atom. The molecular formula is C12H20N2O5. The van der Waals surface area contributed by atoms with Crippen molar-refractivity contribution >= 4 is 18.0 Å². The van der Waals surface area contributed by atoms with Gasteiger partial charge in [0.15, 0.2) is 0 Å². The molecule has 0 spiro atoms. The molecule has 1 aliphatic rings. The summed E-state index contributed by atoms with van der Waals surface area (Å²) in [6, 6.07) is -0.241. The second kappa shape index (κ2) is 6.96. The average Bonchev–Trinajstić information content (AvgIpc) is 2.43. The van der Waals surface area contributed by atoms with Gasteiger partial charge in [-0.05, 0) is 12.8 Å². The second-order valence-corrected chi connectivity index (χ2v) is 4.65. The van der Waals surface area contributed by atoms with Gasteiger partial charge in [-0.1, -0.05) is 0 Å². The van der Waals surface area contributed by atoms with E-state index in [2.05, 4.69) is 4.74 Å². The quantitative estimate of drug-likeness (QED) is 0.748. The van der Waals surface area contributed by atoms with Gasteiger partial charge in [0.1, 0.15) is 0 Å². The van der Waals surface area contributed by atoms with Gasteiger partial charge in [-0.3, -0.25) is 9.59 Å². The number of rotatable bonds is 4. The Morgan fingerprint density at radius 3 is 2.68 bits per heavy atom. The molecule has 108 valence electrons. The SMILES string of the molecule is COC(=O)CCN(C)C(=O)N1CCC[C@@H](C(=O)O)C1. The predicted octanol–water partition coefficient (Wildman–Crippen LogP) is 0.398. The molecule has 1 heterocycles. The van der Waals surface area contributed by atoms with Gasteiger partial charge in [-0.25, -0.2) is 4.79 Å². The van der Waals surface area contributed by atoms with E-state index in [9.17, 15) is 14.4 Å². The largest absolute Gasteiger partial charge is 0.481 e. The number of amides is 2. The maximum absolute atomic E-state index is 12.1. The molecule has 1 N–H and O–H groups in total. The highest BCUT2D eigenvalue weighted by atomic mass is 16.5. The van der Waals surface area contributed by atoms with Crippen LogP contribution in [0.3, 0.4) is 0 Å². The number of esters is 1. The van der Waals surface area contributed by atoms with Crippen molar-refractivity contribution in [3.05, 3.63) is 0 Å². The van der Waals surface area contributed by atoms with Crippen LogP contribution in [0.4, 0.5) is 4.79 Å². The summed E-state index contributed by atoms with van der Waals surface area (Å²) in [5.41, 5.74) is 0. The number of carboxylic acid groups (broad SMARTS) is 1. The molecule has 1 atom stereocenters. The number of hydrogen-bond donors (Lipinski definition) is 1. The van der Waals surface area contributed by atoms with E-state index in [-0.39, 0.29) is 31.5 Å². The van der Waals surface area contributed by atoms with Gasteiger partial charge in [-0.2, -0.15) is 0 Å². The highest BCUT2D eigenvalue weighted by Crippen LogP contribution is 2.17. The number of carbonyl (C=O) groups is 3. The monoisotopic (exact) mass is 272 g/mol. The number of carboxylic acids is 1. The van der Waals surface area contributed by atoms with Crippen molar-refractivity contribution in [3.63, 3.8) is 0 Å². The van der Waals surface area contributed by atoms with Crippen molar-refractivity contribution in [2.24, 2.45) is 5.92 Å². The highest BCUT2D eigenvalue weighted by molar-refractivity contribution is 5.77. The topological polar surface area (TPSA) is 87.2 Å². The number of ether oxygens (including phenoxy) is 1. The van der Waals surface area contributed by atoms with Crippen molar-refractivity contribution < 1.29 is 24.2 Å². The Bertz CT molecular complexity index is 358. The van der Waals surface area contributed by atoms with Crippen LogP contribution in [0.15, 0.2) is 0 Å². The van der Waals surface area contributed by atoms with E-state index in [1.165, 1.54) is 16.9 Å². The van der Waals surface area contributed by atoms with Gasteiger partial charge in [0.2, 0.25) is 0 Å². The molecule has 0 aromatic carbocycles. The number of methoxy groups -OCH3 is 1. The molecule has 2 amide bonds. The van der Waals surface area contributed by atoms with Crippen molar-refractivity contribution in [1.82, 2.24) is 9.80 Å². The summed E-state index contributed by atoms with van der Waals surface area (Å²) in [4.78, 5) is 37.0.